The summed E-state index contributed by atoms with van der Waals surface area (Å²) in [4.78, 5) is 17.0. The van der Waals surface area contributed by atoms with Gasteiger partial charge in [-0.3, -0.25) is 4.79 Å². The minimum Gasteiger partial charge on any atom is -0.352 e. The number of halogens is 2. The van der Waals surface area contributed by atoms with Crippen LogP contribution in [0.25, 0.3) is 11.0 Å². The minimum atomic E-state index is -0.301. The fourth-order valence-electron chi connectivity index (χ4n) is 3.41. The van der Waals surface area contributed by atoms with E-state index in [1.807, 2.05) is 30.6 Å². The minimum absolute atomic E-state index is 0.252. The number of nitrogens with zero attached hydrogens (tertiary/aromatic N) is 4. The first kappa shape index (κ1) is 20.1. The summed E-state index contributed by atoms with van der Waals surface area (Å²) in [6.45, 7) is 3.36. The highest BCUT2D eigenvalue weighted by atomic mass is 35.5. The van der Waals surface area contributed by atoms with Gasteiger partial charge in [0.15, 0.2) is 0 Å². The zero-order valence-corrected chi connectivity index (χ0v) is 17.2. The Morgan fingerprint density at radius 2 is 1.93 bits per heavy atom. The smallest absolute Gasteiger partial charge is 0.256 e. The fourth-order valence-corrected chi connectivity index (χ4v) is 3.73. The third-order valence-electron chi connectivity index (χ3n) is 4.93. The van der Waals surface area contributed by atoms with Gasteiger partial charge in [0, 0.05) is 13.1 Å². The van der Waals surface area contributed by atoms with Crippen molar-refractivity contribution in [1.29, 1.82) is 0 Å². The summed E-state index contributed by atoms with van der Waals surface area (Å²) in [5.41, 5.74) is 3.80. The second-order valence-corrected chi connectivity index (χ2v) is 7.43. The molecule has 2 aromatic heterocycles. The highest BCUT2D eigenvalue weighted by Gasteiger charge is 2.20. The molecule has 0 fully saturated rings. The summed E-state index contributed by atoms with van der Waals surface area (Å²) in [6, 6.07) is 14.1. The van der Waals surface area contributed by atoms with Crippen LogP contribution < -0.4 is 5.32 Å². The molecule has 4 rings (SSSR count). The molecular weight excluding hydrogens is 405 g/mol. The van der Waals surface area contributed by atoms with Gasteiger partial charge in [0.1, 0.15) is 11.0 Å². The number of aromatic nitrogens is 4. The molecule has 0 bridgehead atoms. The molecule has 0 atom stereocenters. The lowest BCUT2D eigenvalue weighted by atomic mass is 10.2. The van der Waals surface area contributed by atoms with Gasteiger partial charge < -0.3 is 9.88 Å². The molecule has 30 heavy (non-hydrogen) atoms. The molecule has 2 heterocycles. The van der Waals surface area contributed by atoms with Crippen LogP contribution in [0.3, 0.4) is 0 Å². The number of carbonyl (C=O) groups is 1. The molecule has 6 nitrogen and oxygen atoms in total. The Balaban J connectivity index is 1.36. The molecule has 1 N–H and O–H groups in total. The molecule has 0 spiro atoms. The molecule has 0 unspecified atom stereocenters. The normalized spacial score (nSPS) is 11.2. The SMILES string of the molecule is Cc1nn(Cc2ccc(F)cc2)c(Cl)c1C(=O)NCCCn1cnc2ccccc21. The van der Waals surface area contributed by atoms with Crippen molar-refractivity contribution in [2.24, 2.45) is 0 Å². The lowest BCUT2D eigenvalue weighted by Crippen LogP contribution is -2.26. The number of hydrogen-bond acceptors (Lipinski definition) is 3. The van der Waals surface area contributed by atoms with E-state index in [0.717, 1.165) is 29.6 Å². The summed E-state index contributed by atoms with van der Waals surface area (Å²) < 4.78 is 16.7. The third-order valence-corrected chi connectivity index (χ3v) is 5.31. The van der Waals surface area contributed by atoms with Gasteiger partial charge in [-0.25, -0.2) is 14.1 Å². The standard InChI is InChI=1S/C22H21ClFN5O/c1-15-20(21(23)29(27-15)13-16-7-9-17(24)10-8-16)22(30)25-11-4-12-28-14-26-18-5-2-3-6-19(18)28/h2-3,5-10,14H,4,11-13H2,1H3,(H,25,30). The van der Waals surface area contributed by atoms with E-state index in [0.29, 0.717) is 24.3 Å². The molecule has 154 valence electrons. The van der Waals surface area contributed by atoms with Gasteiger partial charge in [0.25, 0.3) is 5.91 Å². The maximum absolute atomic E-state index is 13.1. The van der Waals surface area contributed by atoms with Gasteiger partial charge in [-0.05, 0) is 43.2 Å². The van der Waals surface area contributed by atoms with Crippen molar-refractivity contribution in [2.75, 3.05) is 6.54 Å². The molecule has 8 heteroatoms. The van der Waals surface area contributed by atoms with Gasteiger partial charge in [0.2, 0.25) is 0 Å². The number of imidazole rings is 1. The molecule has 0 saturated heterocycles. The van der Waals surface area contributed by atoms with E-state index in [1.54, 1.807) is 23.7 Å². The number of fused-ring (bicyclic) bond motifs is 1. The average molecular weight is 426 g/mol. The maximum atomic E-state index is 13.1. The number of amides is 1. The van der Waals surface area contributed by atoms with E-state index in [2.05, 4.69) is 20.0 Å². The molecule has 0 aliphatic heterocycles. The molecule has 0 aliphatic carbocycles. The van der Waals surface area contributed by atoms with E-state index in [4.69, 9.17) is 11.6 Å². The maximum Gasteiger partial charge on any atom is 0.256 e. The van der Waals surface area contributed by atoms with E-state index >= 15 is 0 Å². The summed E-state index contributed by atoms with van der Waals surface area (Å²) in [6.07, 6.45) is 2.57. The molecule has 0 saturated carbocycles. The molecular formula is C22H21ClFN5O. The number of hydrogen-bond donors (Lipinski definition) is 1. The number of benzene rings is 2. The van der Waals surface area contributed by atoms with E-state index in [1.165, 1.54) is 12.1 Å². The van der Waals surface area contributed by atoms with Crippen LogP contribution in [0.2, 0.25) is 5.15 Å². The lowest BCUT2D eigenvalue weighted by molar-refractivity contribution is 0.0952. The predicted molar refractivity (Wildman–Crippen MR) is 114 cm³/mol. The first-order valence-corrected chi connectivity index (χ1v) is 10.1. The van der Waals surface area contributed by atoms with Crippen LogP contribution in [0.5, 0.6) is 0 Å². The van der Waals surface area contributed by atoms with Crippen LogP contribution >= 0.6 is 11.6 Å². The van der Waals surface area contributed by atoms with E-state index in [-0.39, 0.29) is 16.9 Å². The van der Waals surface area contributed by atoms with Crippen LogP contribution in [0, 0.1) is 12.7 Å². The summed E-state index contributed by atoms with van der Waals surface area (Å²) in [5.74, 6) is -0.552. The van der Waals surface area contributed by atoms with E-state index in [9.17, 15) is 9.18 Å². The van der Waals surface area contributed by atoms with Crippen LogP contribution in [0.4, 0.5) is 4.39 Å². The third kappa shape index (κ3) is 4.21. The van der Waals surface area contributed by atoms with E-state index < -0.39 is 0 Å². The van der Waals surface area contributed by atoms with Gasteiger partial charge in [0.05, 0.1) is 35.2 Å². The zero-order chi connectivity index (χ0) is 21.1. The average Bonchev–Trinajstić information content (AvgIpc) is 3.27. The number of nitrogens with one attached hydrogen (secondary N) is 1. The molecule has 0 aliphatic rings. The van der Waals surface area contributed by atoms with Gasteiger partial charge in [-0.2, -0.15) is 5.10 Å². The summed E-state index contributed by atoms with van der Waals surface area (Å²) in [7, 11) is 0. The quantitative estimate of drug-likeness (QED) is 0.451. The second-order valence-electron chi connectivity index (χ2n) is 7.07. The second kappa shape index (κ2) is 8.67. The Kier molecular flexibility index (Phi) is 5.81. The first-order chi connectivity index (χ1) is 14.5. The number of para-hydroxylation sites is 2. The molecule has 4 aromatic rings. The van der Waals surface area contributed by atoms with Crippen LogP contribution in [0.15, 0.2) is 54.9 Å². The fraction of sp³-hybridized carbons (Fsp3) is 0.227. The Labute approximate surface area is 178 Å². The Morgan fingerprint density at radius 1 is 1.17 bits per heavy atom. The van der Waals surface area contributed by atoms with Crippen molar-refractivity contribution >= 4 is 28.5 Å². The first-order valence-electron chi connectivity index (χ1n) is 9.68. The van der Waals surface area contributed by atoms with Crippen LogP contribution in [-0.2, 0) is 13.1 Å². The van der Waals surface area contributed by atoms with Crippen molar-refractivity contribution in [1.82, 2.24) is 24.6 Å². The van der Waals surface area contributed by atoms with Gasteiger partial charge >= 0.3 is 0 Å². The number of carbonyl (C=O) groups excluding carboxylic acids is 1. The predicted octanol–water partition coefficient (Wildman–Crippen LogP) is 4.20. The van der Waals surface area contributed by atoms with Crippen molar-refractivity contribution in [3.8, 4) is 0 Å². The highest BCUT2D eigenvalue weighted by molar-refractivity contribution is 6.33. The largest absolute Gasteiger partial charge is 0.352 e. The molecule has 0 radical (unpaired) electrons. The van der Waals surface area contributed by atoms with Gasteiger partial charge in [-0.1, -0.05) is 35.9 Å². The Bertz CT molecular complexity index is 1180. The number of rotatable bonds is 7. The number of aryl methyl sites for hydroxylation is 2. The Morgan fingerprint density at radius 3 is 2.73 bits per heavy atom. The monoisotopic (exact) mass is 425 g/mol. The topological polar surface area (TPSA) is 64.7 Å². The summed E-state index contributed by atoms with van der Waals surface area (Å²) >= 11 is 6.42. The molecule has 2 aromatic carbocycles. The Hall–Kier alpha value is -3.19. The lowest BCUT2D eigenvalue weighted by Gasteiger charge is -2.07. The van der Waals surface area contributed by atoms with Crippen molar-refractivity contribution in [3.63, 3.8) is 0 Å². The van der Waals surface area contributed by atoms with Crippen molar-refractivity contribution < 1.29 is 9.18 Å². The van der Waals surface area contributed by atoms with Crippen molar-refractivity contribution in [3.05, 3.63) is 82.6 Å². The zero-order valence-electron chi connectivity index (χ0n) is 16.5. The van der Waals surface area contributed by atoms with Crippen molar-refractivity contribution in [2.45, 2.75) is 26.4 Å². The highest BCUT2D eigenvalue weighted by Crippen LogP contribution is 2.21. The van der Waals surface area contributed by atoms with Crippen LogP contribution in [-0.4, -0.2) is 31.8 Å². The molecule has 1 amide bonds. The summed E-state index contributed by atoms with van der Waals surface area (Å²) in [5, 5.41) is 7.56. The van der Waals surface area contributed by atoms with Crippen LogP contribution in [0.1, 0.15) is 28.0 Å². The van der Waals surface area contributed by atoms with Gasteiger partial charge in [-0.15, -0.1) is 0 Å².